The number of nitrogens with one attached hydrogen (secondary N) is 2. The van der Waals surface area contributed by atoms with Crippen molar-refractivity contribution in [2.75, 3.05) is 10.6 Å². The van der Waals surface area contributed by atoms with Gasteiger partial charge in [0, 0.05) is 23.6 Å². The number of carbonyl (C=O) groups excluding carboxylic acids is 1. The van der Waals surface area contributed by atoms with Gasteiger partial charge in [-0.15, -0.1) is 0 Å². The third-order valence-electron chi connectivity index (χ3n) is 2.88. The van der Waals surface area contributed by atoms with Crippen LogP contribution in [0.2, 0.25) is 0 Å². The molecule has 1 aromatic carbocycles. The normalized spacial score (nSPS) is 11.2. The minimum atomic E-state index is -0.255. The van der Waals surface area contributed by atoms with Crippen molar-refractivity contribution in [2.24, 2.45) is 0 Å². The quantitative estimate of drug-likeness (QED) is 0.874. The summed E-state index contributed by atoms with van der Waals surface area (Å²) in [5.41, 5.74) is 0.953. The van der Waals surface area contributed by atoms with Crippen LogP contribution in [0.1, 0.15) is 45.0 Å². The van der Waals surface area contributed by atoms with E-state index in [-0.39, 0.29) is 17.6 Å². The fourth-order valence-corrected chi connectivity index (χ4v) is 1.94. The van der Waals surface area contributed by atoms with Gasteiger partial charge in [0.25, 0.3) is 5.91 Å². The Morgan fingerprint density at radius 3 is 2.17 bits per heavy atom. The molecule has 0 saturated carbocycles. The fourth-order valence-electron chi connectivity index (χ4n) is 1.94. The van der Waals surface area contributed by atoms with E-state index in [4.69, 9.17) is 4.74 Å². The first-order valence-corrected chi connectivity index (χ1v) is 7.91. The van der Waals surface area contributed by atoms with E-state index in [1.807, 2.05) is 46.8 Å². The third kappa shape index (κ3) is 5.53. The van der Waals surface area contributed by atoms with Crippen molar-refractivity contribution in [3.05, 3.63) is 42.2 Å². The Morgan fingerprint density at radius 2 is 1.67 bits per heavy atom. The summed E-state index contributed by atoms with van der Waals surface area (Å²) in [6.07, 6.45) is 3.13. The molecule has 1 heterocycles. The summed E-state index contributed by atoms with van der Waals surface area (Å²) in [6.45, 7) is 9.98. The summed E-state index contributed by atoms with van der Waals surface area (Å²) in [5.74, 6) is 1.01. The molecule has 0 spiro atoms. The molecule has 6 nitrogen and oxygen atoms in total. The average Bonchev–Trinajstić information content (AvgIpc) is 2.48. The van der Waals surface area contributed by atoms with Gasteiger partial charge in [-0.2, -0.15) is 0 Å². The summed E-state index contributed by atoms with van der Waals surface area (Å²) in [7, 11) is 0. The Kier molecular flexibility index (Phi) is 5.39. The van der Waals surface area contributed by atoms with Crippen molar-refractivity contribution in [3.63, 3.8) is 0 Å². The molecule has 0 unspecified atom stereocenters. The maximum atomic E-state index is 12.2. The number of hydrogen-bond acceptors (Lipinski definition) is 5. The highest BCUT2D eigenvalue weighted by Crippen LogP contribution is 2.17. The molecule has 0 aliphatic rings. The lowest BCUT2D eigenvalue weighted by molar-refractivity contribution is 0.102. The maximum Gasteiger partial charge on any atom is 0.258 e. The first-order valence-electron chi connectivity index (χ1n) is 7.91. The Balaban J connectivity index is 1.99. The van der Waals surface area contributed by atoms with Crippen LogP contribution >= 0.6 is 0 Å². The molecule has 0 radical (unpaired) electrons. The molecule has 0 aliphatic carbocycles. The molecule has 24 heavy (non-hydrogen) atoms. The van der Waals surface area contributed by atoms with Crippen LogP contribution in [0.4, 0.5) is 11.6 Å². The summed E-state index contributed by atoms with van der Waals surface area (Å²) in [5, 5.41) is 5.96. The monoisotopic (exact) mass is 328 g/mol. The number of benzene rings is 1. The fraction of sp³-hybridized carbons (Fsp3) is 0.389. The van der Waals surface area contributed by atoms with Crippen molar-refractivity contribution in [2.45, 2.75) is 46.3 Å². The van der Waals surface area contributed by atoms with E-state index in [1.54, 1.807) is 12.1 Å². The number of carbonyl (C=O) groups is 1. The van der Waals surface area contributed by atoms with E-state index in [9.17, 15) is 4.79 Å². The molecule has 0 atom stereocenters. The summed E-state index contributed by atoms with van der Waals surface area (Å²) in [6, 6.07) is 7.24. The van der Waals surface area contributed by atoms with Gasteiger partial charge in [-0.3, -0.25) is 4.79 Å². The van der Waals surface area contributed by atoms with Crippen LogP contribution in [0.5, 0.6) is 5.75 Å². The molecule has 0 fully saturated rings. The van der Waals surface area contributed by atoms with Crippen LogP contribution in [0.3, 0.4) is 0 Å². The van der Waals surface area contributed by atoms with Crippen molar-refractivity contribution < 1.29 is 9.53 Å². The molecule has 0 aliphatic heterocycles. The lowest BCUT2D eigenvalue weighted by Crippen LogP contribution is -2.27. The van der Waals surface area contributed by atoms with Gasteiger partial charge in [-0.25, -0.2) is 9.97 Å². The van der Waals surface area contributed by atoms with Crippen LogP contribution in [0.15, 0.2) is 36.7 Å². The second-order valence-corrected chi connectivity index (χ2v) is 6.82. The molecule has 2 aromatic rings. The topological polar surface area (TPSA) is 76.1 Å². The molecule has 6 heteroatoms. The van der Waals surface area contributed by atoms with Crippen molar-refractivity contribution >= 4 is 17.5 Å². The van der Waals surface area contributed by atoms with Crippen LogP contribution < -0.4 is 15.4 Å². The van der Waals surface area contributed by atoms with Gasteiger partial charge in [0.15, 0.2) is 0 Å². The highest BCUT2D eigenvalue weighted by Gasteiger charge is 2.12. The molecule has 2 rings (SSSR count). The number of hydrogen-bond donors (Lipinski definition) is 2. The highest BCUT2D eigenvalue weighted by atomic mass is 16.5. The molecule has 0 bridgehead atoms. The Morgan fingerprint density at radius 1 is 1.08 bits per heavy atom. The van der Waals surface area contributed by atoms with Crippen LogP contribution in [-0.2, 0) is 0 Å². The van der Waals surface area contributed by atoms with Crippen LogP contribution in [-0.4, -0.2) is 27.5 Å². The standard InChI is InChI=1S/C18H24N4O2/c1-12(2)24-15-8-6-14(7-9-15)21-16(23)13-10-19-17(20-11-13)22-18(3,4)5/h6-12H,1-5H3,(H,21,23)(H,19,20,22). The summed E-state index contributed by atoms with van der Waals surface area (Å²) < 4.78 is 5.57. The van der Waals surface area contributed by atoms with Gasteiger partial charge in [0.2, 0.25) is 5.95 Å². The van der Waals surface area contributed by atoms with Gasteiger partial charge in [-0.1, -0.05) is 0 Å². The van der Waals surface area contributed by atoms with Gasteiger partial charge in [-0.05, 0) is 58.9 Å². The van der Waals surface area contributed by atoms with E-state index in [0.717, 1.165) is 5.75 Å². The third-order valence-corrected chi connectivity index (χ3v) is 2.88. The minimum Gasteiger partial charge on any atom is -0.491 e. The van der Waals surface area contributed by atoms with Crippen molar-refractivity contribution in [1.82, 2.24) is 9.97 Å². The van der Waals surface area contributed by atoms with Gasteiger partial charge >= 0.3 is 0 Å². The van der Waals surface area contributed by atoms with Crippen molar-refractivity contribution in [1.29, 1.82) is 0 Å². The lowest BCUT2D eigenvalue weighted by Gasteiger charge is -2.20. The van der Waals surface area contributed by atoms with Crippen LogP contribution in [0, 0.1) is 0 Å². The first-order chi connectivity index (χ1) is 11.2. The average molecular weight is 328 g/mol. The van der Waals surface area contributed by atoms with Gasteiger partial charge in [0.05, 0.1) is 11.7 Å². The first kappa shape index (κ1) is 17.7. The molecular formula is C18H24N4O2. The zero-order valence-electron chi connectivity index (χ0n) is 14.8. The number of amides is 1. The highest BCUT2D eigenvalue weighted by molar-refractivity contribution is 6.03. The molecular weight excluding hydrogens is 304 g/mol. The molecule has 0 saturated heterocycles. The lowest BCUT2D eigenvalue weighted by atomic mass is 10.1. The number of ether oxygens (including phenoxy) is 1. The van der Waals surface area contributed by atoms with E-state index in [2.05, 4.69) is 20.6 Å². The second-order valence-electron chi connectivity index (χ2n) is 6.82. The van der Waals surface area contributed by atoms with E-state index >= 15 is 0 Å². The number of nitrogens with zero attached hydrogens (tertiary/aromatic N) is 2. The number of anilines is 2. The maximum absolute atomic E-state index is 12.2. The molecule has 1 aromatic heterocycles. The Labute approximate surface area is 142 Å². The van der Waals surface area contributed by atoms with Crippen LogP contribution in [0.25, 0.3) is 0 Å². The largest absolute Gasteiger partial charge is 0.491 e. The predicted octanol–water partition coefficient (Wildman–Crippen LogP) is 3.73. The van der Waals surface area contributed by atoms with E-state index in [0.29, 0.717) is 17.2 Å². The Bertz CT molecular complexity index is 674. The smallest absolute Gasteiger partial charge is 0.258 e. The summed E-state index contributed by atoms with van der Waals surface area (Å²) >= 11 is 0. The zero-order valence-corrected chi connectivity index (χ0v) is 14.8. The minimum absolute atomic E-state index is 0.114. The van der Waals surface area contributed by atoms with Gasteiger partial charge < -0.3 is 15.4 Å². The number of rotatable bonds is 5. The number of aromatic nitrogens is 2. The molecule has 2 N–H and O–H groups in total. The summed E-state index contributed by atoms with van der Waals surface area (Å²) in [4.78, 5) is 20.6. The second kappa shape index (κ2) is 7.29. The SMILES string of the molecule is CC(C)Oc1ccc(NC(=O)c2cnc(NC(C)(C)C)nc2)cc1. The molecule has 128 valence electrons. The van der Waals surface area contributed by atoms with E-state index < -0.39 is 0 Å². The van der Waals surface area contributed by atoms with Crippen molar-refractivity contribution in [3.8, 4) is 5.75 Å². The zero-order chi connectivity index (χ0) is 17.7. The molecule has 1 amide bonds. The van der Waals surface area contributed by atoms with E-state index in [1.165, 1.54) is 12.4 Å². The Hall–Kier alpha value is -2.63. The van der Waals surface area contributed by atoms with Gasteiger partial charge in [0.1, 0.15) is 5.75 Å². The predicted molar refractivity (Wildman–Crippen MR) is 95.6 cm³/mol.